The summed E-state index contributed by atoms with van der Waals surface area (Å²) in [5, 5.41) is 5.98. The topological polar surface area (TPSA) is 67.4 Å². The molecule has 0 spiro atoms. The Bertz CT molecular complexity index is 1130. The Kier molecular flexibility index (Phi) is 7.09. The van der Waals surface area contributed by atoms with E-state index in [2.05, 4.69) is 39.3 Å². The molecule has 5 nitrogen and oxygen atoms in total. The fourth-order valence-electron chi connectivity index (χ4n) is 3.76. The van der Waals surface area contributed by atoms with Crippen LogP contribution >= 0.6 is 22.6 Å². The van der Waals surface area contributed by atoms with Gasteiger partial charge in [0.2, 0.25) is 5.91 Å². The summed E-state index contributed by atoms with van der Waals surface area (Å²) in [5.74, 6) is 0.763. The number of halogens is 1. The molecule has 0 fully saturated rings. The zero-order valence-corrected chi connectivity index (χ0v) is 20.0. The minimum atomic E-state index is -0.148. The predicted molar refractivity (Wildman–Crippen MR) is 134 cm³/mol. The third kappa shape index (κ3) is 5.48. The summed E-state index contributed by atoms with van der Waals surface area (Å²) in [5.41, 5.74) is 4.51. The van der Waals surface area contributed by atoms with Crippen LogP contribution in [0.2, 0.25) is 0 Å². The van der Waals surface area contributed by atoms with Crippen molar-refractivity contribution >= 4 is 40.1 Å². The number of nitrogens with one attached hydrogen (secondary N) is 2. The molecule has 3 aromatic carbocycles. The van der Waals surface area contributed by atoms with E-state index < -0.39 is 0 Å². The number of hydrogen-bond acceptors (Lipinski definition) is 3. The molecule has 164 valence electrons. The molecule has 6 heteroatoms. The molecule has 0 saturated carbocycles. The van der Waals surface area contributed by atoms with Crippen LogP contribution in [0.4, 0.5) is 5.69 Å². The van der Waals surface area contributed by atoms with E-state index in [9.17, 15) is 9.59 Å². The van der Waals surface area contributed by atoms with Gasteiger partial charge in [-0.25, -0.2) is 0 Å². The van der Waals surface area contributed by atoms with Gasteiger partial charge in [-0.1, -0.05) is 36.4 Å². The van der Waals surface area contributed by atoms with Crippen molar-refractivity contribution in [2.75, 3.05) is 11.9 Å². The second-order valence-electron chi connectivity index (χ2n) is 7.92. The molecule has 2 N–H and O–H groups in total. The SMILES string of the molecule is CC(NC(=O)Cc1ccc(NC(=O)c2ccccc2I)cc1)c1ccc2c(c1)CCCO2. The van der Waals surface area contributed by atoms with E-state index >= 15 is 0 Å². The minimum Gasteiger partial charge on any atom is -0.493 e. The van der Waals surface area contributed by atoms with Crippen molar-refractivity contribution in [2.24, 2.45) is 0 Å². The monoisotopic (exact) mass is 540 g/mol. The van der Waals surface area contributed by atoms with Crippen LogP contribution in [0.25, 0.3) is 0 Å². The predicted octanol–water partition coefficient (Wildman–Crippen LogP) is 5.29. The molecular formula is C26H25IN2O3. The highest BCUT2D eigenvalue weighted by atomic mass is 127. The van der Waals surface area contributed by atoms with Crippen LogP contribution in [0.5, 0.6) is 5.75 Å². The lowest BCUT2D eigenvalue weighted by Gasteiger charge is -2.20. The Morgan fingerprint density at radius 2 is 1.84 bits per heavy atom. The van der Waals surface area contributed by atoms with Crippen LogP contribution in [0.1, 0.15) is 46.4 Å². The lowest BCUT2D eigenvalue weighted by molar-refractivity contribution is -0.121. The van der Waals surface area contributed by atoms with Crippen molar-refractivity contribution in [1.29, 1.82) is 0 Å². The summed E-state index contributed by atoms with van der Waals surface area (Å²) in [6.45, 7) is 2.76. The second-order valence-corrected chi connectivity index (χ2v) is 9.08. The molecule has 3 aromatic rings. The molecule has 1 heterocycles. The first-order chi connectivity index (χ1) is 15.5. The van der Waals surface area contributed by atoms with Gasteiger partial charge >= 0.3 is 0 Å². The number of aryl methyl sites for hydroxylation is 1. The number of fused-ring (bicyclic) bond motifs is 1. The van der Waals surface area contributed by atoms with Crippen LogP contribution in [0, 0.1) is 3.57 Å². The fraction of sp³-hybridized carbons (Fsp3) is 0.231. The number of carbonyl (C=O) groups excluding carboxylic acids is 2. The van der Waals surface area contributed by atoms with E-state index in [1.54, 1.807) is 6.07 Å². The van der Waals surface area contributed by atoms with Crippen molar-refractivity contribution in [1.82, 2.24) is 5.32 Å². The molecule has 0 saturated heterocycles. The van der Waals surface area contributed by atoms with Gasteiger partial charge in [0, 0.05) is 9.26 Å². The highest BCUT2D eigenvalue weighted by Gasteiger charge is 2.15. The lowest BCUT2D eigenvalue weighted by Crippen LogP contribution is -2.28. The quantitative estimate of drug-likeness (QED) is 0.418. The summed E-state index contributed by atoms with van der Waals surface area (Å²) in [6, 6.07) is 20.9. The molecule has 1 aliphatic rings. The molecule has 1 aliphatic heterocycles. The van der Waals surface area contributed by atoms with E-state index in [-0.39, 0.29) is 24.3 Å². The van der Waals surface area contributed by atoms with Gasteiger partial charge in [0.1, 0.15) is 5.75 Å². The summed E-state index contributed by atoms with van der Waals surface area (Å²) in [4.78, 5) is 25.0. The van der Waals surface area contributed by atoms with E-state index in [0.29, 0.717) is 11.3 Å². The Balaban J connectivity index is 1.32. The van der Waals surface area contributed by atoms with Crippen LogP contribution < -0.4 is 15.4 Å². The van der Waals surface area contributed by atoms with Crippen molar-refractivity contribution in [3.8, 4) is 5.75 Å². The smallest absolute Gasteiger partial charge is 0.256 e. The molecule has 0 aromatic heterocycles. The normalized spacial score (nSPS) is 13.4. The van der Waals surface area contributed by atoms with Crippen molar-refractivity contribution in [3.63, 3.8) is 0 Å². The minimum absolute atomic E-state index is 0.0397. The second kappa shape index (κ2) is 10.2. The molecule has 0 aliphatic carbocycles. The van der Waals surface area contributed by atoms with Gasteiger partial charge in [0.05, 0.1) is 24.6 Å². The van der Waals surface area contributed by atoms with Gasteiger partial charge in [0.25, 0.3) is 5.91 Å². The average Bonchev–Trinajstić information content (AvgIpc) is 2.80. The number of hydrogen-bond donors (Lipinski definition) is 2. The third-order valence-corrected chi connectivity index (χ3v) is 6.45. The van der Waals surface area contributed by atoms with Crippen LogP contribution in [0.15, 0.2) is 66.7 Å². The standard InChI is InChI=1S/C26H25IN2O3/c1-17(19-10-13-24-20(16-19)5-4-14-32-24)28-25(30)15-18-8-11-21(12-9-18)29-26(31)22-6-2-3-7-23(22)27/h2-3,6-13,16-17H,4-5,14-15H2,1H3,(H,28,30)(H,29,31). The van der Waals surface area contributed by atoms with Crippen molar-refractivity contribution in [3.05, 3.63) is 92.6 Å². The van der Waals surface area contributed by atoms with Crippen molar-refractivity contribution < 1.29 is 14.3 Å². The number of anilines is 1. The average molecular weight is 540 g/mol. The number of amides is 2. The van der Waals surface area contributed by atoms with E-state index in [1.165, 1.54) is 5.56 Å². The van der Waals surface area contributed by atoms with Gasteiger partial charge in [-0.3, -0.25) is 9.59 Å². The first-order valence-electron chi connectivity index (χ1n) is 10.7. The van der Waals surface area contributed by atoms with E-state index in [1.807, 2.05) is 61.5 Å². The molecule has 1 unspecified atom stereocenters. The maximum absolute atomic E-state index is 12.6. The highest BCUT2D eigenvalue weighted by molar-refractivity contribution is 14.1. The molecule has 0 radical (unpaired) electrons. The summed E-state index contributed by atoms with van der Waals surface area (Å²) >= 11 is 2.15. The molecule has 32 heavy (non-hydrogen) atoms. The maximum Gasteiger partial charge on any atom is 0.256 e. The number of benzene rings is 3. The largest absolute Gasteiger partial charge is 0.493 e. The Morgan fingerprint density at radius 1 is 1.06 bits per heavy atom. The molecule has 2 amide bonds. The third-order valence-electron chi connectivity index (χ3n) is 5.51. The van der Waals surface area contributed by atoms with Crippen LogP contribution in [-0.4, -0.2) is 18.4 Å². The highest BCUT2D eigenvalue weighted by Crippen LogP contribution is 2.27. The van der Waals surface area contributed by atoms with Gasteiger partial charge in [-0.05, 0) is 89.4 Å². The summed E-state index contributed by atoms with van der Waals surface area (Å²) in [6.07, 6.45) is 2.32. The van der Waals surface area contributed by atoms with Crippen molar-refractivity contribution in [2.45, 2.75) is 32.2 Å². The lowest BCUT2D eigenvalue weighted by atomic mass is 10.00. The first-order valence-corrected chi connectivity index (χ1v) is 11.8. The zero-order chi connectivity index (χ0) is 22.5. The van der Waals surface area contributed by atoms with Crippen LogP contribution in [-0.2, 0) is 17.6 Å². The Morgan fingerprint density at radius 3 is 2.62 bits per heavy atom. The molecular weight excluding hydrogens is 515 g/mol. The number of rotatable bonds is 6. The molecule has 4 rings (SSSR count). The number of carbonyl (C=O) groups is 2. The summed E-state index contributed by atoms with van der Waals surface area (Å²) in [7, 11) is 0. The van der Waals surface area contributed by atoms with Crippen LogP contribution in [0.3, 0.4) is 0 Å². The summed E-state index contributed by atoms with van der Waals surface area (Å²) < 4.78 is 6.57. The maximum atomic E-state index is 12.6. The fourth-order valence-corrected chi connectivity index (χ4v) is 4.39. The Hall–Kier alpha value is -2.87. The molecule has 0 bridgehead atoms. The first kappa shape index (κ1) is 22.3. The number of ether oxygens (including phenoxy) is 1. The van der Waals surface area contributed by atoms with Gasteiger partial charge in [0.15, 0.2) is 0 Å². The zero-order valence-electron chi connectivity index (χ0n) is 17.9. The van der Waals surface area contributed by atoms with E-state index in [0.717, 1.165) is 39.9 Å². The van der Waals surface area contributed by atoms with Gasteiger partial charge < -0.3 is 15.4 Å². The van der Waals surface area contributed by atoms with Gasteiger partial charge in [-0.2, -0.15) is 0 Å². The van der Waals surface area contributed by atoms with Gasteiger partial charge in [-0.15, -0.1) is 0 Å². The molecule has 1 atom stereocenters. The Labute approximate surface area is 201 Å². The van der Waals surface area contributed by atoms with E-state index in [4.69, 9.17) is 4.74 Å².